The van der Waals surface area contributed by atoms with Gasteiger partial charge >= 0.3 is 6.03 Å². The van der Waals surface area contributed by atoms with Crippen LogP contribution in [0.4, 0.5) is 10.6 Å². The van der Waals surface area contributed by atoms with Crippen LogP contribution in [0.2, 0.25) is 0 Å². The molecule has 0 spiro atoms. The Morgan fingerprint density at radius 1 is 1.39 bits per heavy atom. The van der Waals surface area contributed by atoms with Gasteiger partial charge in [0, 0.05) is 0 Å². The summed E-state index contributed by atoms with van der Waals surface area (Å²) < 4.78 is 5.46. The third-order valence-corrected chi connectivity index (χ3v) is 2.56. The number of carbonyl (C=O) groups is 2. The predicted octanol–water partition coefficient (Wildman–Crippen LogP) is 1.31. The van der Waals surface area contributed by atoms with E-state index in [2.05, 4.69) is 10.3 Å². The zero-order valence-electron chi connectivity index (χ0n) is 10.5. The predicted molar refractivity (Wildman–Crippen MR) is 65.5 cm³/mol. The Morgan fingerprint density at radius 2 is 2.11 bits per heavy atom. The highest BCUT2D eigenvalue weighted by Crippen LogP contribution is 2.21. The third kappa shape index (κ3) is 2.27. The van der Waals surface area contributed by atoms with Crippen molar-refractivity contribution in [3.8, 4) is 5.75 Å². The molecule has 1 aliphatic heterocycles. The van der Waals surface area contributed by atoms with E-state index in [-0.39, 0.29) is 12.0 Å². The Hall–Kier alpha value is -2.11. The van der Waals surface area contributed by atoms with E-state index >= 15 is 0 Å². The van der Waals surface area contributed by atoms with Crippen molar-refractivity contribution in [2.24, 2.45) is 0 Å². The highest BCUT2D eigenvalue weighted by atomic mass is 16.5. The van der Waals surface area contributed by atoms with Crippen molar-refractivity contribution in [1.29, 1.82) is 0 Å². The number of nitrogens with one attached hydrogen (secondary N) is 1. The van der Waals surface area contributed by atoms with Crippen molar-refractivity contribution in [3.63, 3.8) is 0 Å². The smallest absolute Gasteiger partial charge is 0.330 e. The zero-order chi connectivity index (χ0) is 13.3. The van der Waals surface area contributed by atoms with E-state index < -0.39 is 12.1 Å². The second kappa shape index (κ2) is 4.64. The van der Waals surface area contributed by atoms with Crippen molar-refractivity contribution in [2.45, 2.75) is 32.9 Å². The first-order chi connectivity index (χ1) is 8.49. The van der Waals surface area contributed by atoms with Crippen LogP contribution >= 0.6 is 0 Å². The number of hydrogen-bond acceptors (Lipinski definition) is 4. The molecule has 1 atom stereocenters. The van der Waals surface area contributed by atoms with Gasteiger partial charge in [-0.1, -0.05) is 0 Å². The summed E-state index contributed by atoms with van der Waals surface area (Å²) in [6.45, 7) is 5.49. The summed E-state index contributed by atoms with van der Waals surface area (Å²) >= 11 is 0. The number of urea groups is 1. The molecule has 96 valence electrons. The first kappa shape index (κ1) is 12.3. The van der Waals surface area contributed by atoms with Crippen LogP contribution in [-0.4, -0.2) is 29.1 Å². The zero-order valence-corrected chi connectivity index (χ0v) is 10.5. The minimum absolute atomic E-state index is 0.0632. The minimum Gasteiger partial charge on any atom is -0.489 e. The molecule has 1 aromatic rings. The molecular formula is C12H15N3O3. The lowest BCUT2D eigenvalue weighted by atomic mass is 10.3. The van der Waals surface area contributed by atoms with Crippen LogP contribution in [0, 0.1) is 0 Å². The van der Waals surface area contributed by atoms with E-state index in [0.29, 0.717) is 11.6 Å². The Morgan fingerprint density at radius 3 is 2.56 bits per heavy atom. The fourth-order valence-electron chi connectivity index (χ4n) is 1.72. The number of carbonyl (C=O) groups excluding carboxylic acids is 2. The normalized spacial score (nSPS) is 19.3. The molecule has 1 aliphatic rings. The molecule has 0 aromatic carbocycles. The van der Waals surface area contributed by atoms with Crippen molar-refractivity contribution in [1.82, 2.24) is 10.3 Å². The Balaban J connectivity index is 2.19. The summed E-state index contributed by atoms with van der Waals surface area (Å²) in [5.41, 5.74) is 0. The van der Waals surface area contributed by atoms with E-state index in [1.54, 1.807) is 19.1 Å². The molecule has 1 saturated heterocycles. The topological polar surface area (TPSA) is 71.5 Å². The molecular weight excluding hydrogens is 234 g/mol. The fourth-order valence-corrected chi connectivity index (χ4v) is 1.72. The number of pyridine rings is 1. The van der Waals surface area contributed by atoms with Gasteiger partial charge in [0.05, 0.1) is 12.3 Å². The largest absolute Gasteiger partial charge is 0.489 e. The molecule has 0 aliphatic carbocycles. The number of anilines is 1. The lowest BCUT2D eigenvalue weighted by molar-refractivity contribution is -0.119. The number of hydrogen-bond donors (Lipinski definition) is 1. The fraction of sp³-hybridized carbons (Fsp3) is 0.417. The summed E-state index contributed by atoms with van der Waals surface area (Å²) in [7, 11) is 0. The highest BCUT2D eigenvalue weighted by molar-refractivity contribution is 6.13. The first-order valence-electron chi connectivity index (χ1n) is 5.76. The van der Waals surface area contributed by atoms with Crippen LogP contribution in [-0.2, 0) is 4.79 Å². The molecule has 0 saturated carbocycles. The SMILES string of the molecule is CC(C)Oc1ccc(N2C(=O)NC(=O)C2C)nc1. The Labute approximate surface area is 105 Å². The van der Waals surface area contributed by atoms with Gasteiger partial charge in [0.25, 0.3) is 5.91 Å². The maximum Gasteiger partial charge on any atom is 0.330 e. The summed E-state index contributed by atoms with van der Waals surface area (Å²) in [5.74, 6) is 0.749. The van der Waals surface area contributed by atoms with Gasteiger partial charge < -0.3 is 4.74 Å². The first-order valence-corrected chi connectivity index (χ1v) is 5.76. The second-order valence-corrected chi connectivity index (χ2v) is 4.36. The van der Waals surface area contributed by atoms with Gasteiger partial charge in [0.2, 0.25) is 0 Å². The Kier molecular flexibility index (Phi) is 3.18. The van der Waals surface area contributed by atoms with Crippen molar-refractivity contribution >= 4 is 17.8 Å². The average Bonchev–Trinajstić information content (AvgIpc) is 2.54. The van der Waals surface area contributed by atoms with Crippen LogP contribution in [0.15, 0.2) is 18.3 Å². The average molecular weight is 249 g/mol. The van der Waals surface area contributed by atoms with Gasteiger partial charge in [-0.15, -0.1) is 0 Å². The monoisotopic (exact) mass is 249 g/mol. The quantitative estimate of drug-likeness (QED) is 0.820. The molecule has 3 amide bonds. The van der Waals surface area contributed by atoms with Crippen LogP contribution in [0.5, 0.6) is 5.75 Å². The molecule has 6 nitrogen and oxygen atoms in total. The number of amides is 3. The van der Waals surface area contributed by atoms with Gasteiger partial charge in [0.15, 0.2) is 0 Å². The maximum absolute atomic E-state index is 11.6. The van der Waals surface area contributed by atoms with E-state index in [9.17, 15) is 9.59 Å². The van der Waals surface area contributed by atoms with E-state index in [0.717, 1.165) is 0 Å². The van der Waals surface area contributed by atoms with E-state index in [1.807, 2.05) is 13.8 Å². The molecule has 6 heteroatoms. The minimum atomic E-state index is -0.540. The highest BCUT2D eigenvalue weighted by Gasteiger charge is 2.36. The van der Waals surface area contributed by atoms with Crippen molar-refractivity contribution < 1.29 is 14.3 Å². The van der Waals surface area contributed by atoms with Crippen molar-refractivity contribution in [3.05, 3.63) is 18.3 Å². The molecule has 2 heterocycles. The van der Waals surface area contributed by atoms with Gasteiger partial charge in [-0.05, 0) is 32.9 Å². The summed E-state index contributed by atoms with van der Waals surface area (Å²) in [5, 5.41) is 2.24. The number of nitrogens with zero attached hydrogens (tertiary/aromatic N) is 2. The standard InChI is InChI=1S/C12H15N3O3/c1-7(2)18-9-4-5-10(13-6-9)15-8(3)11(16)14-12(15)17/h4-8H,1-3H3,(H,14,16,17). The molecule has 1 N–H and O–H groups in total. The second-order valence-electron chi connectivity index (χ2n) is 4.36. The molecule has 18 heavy (non-hydrogen) atoms. The summed E-state index contributed by atoms with van der Waals surface area (Å²) in [6, 6.07) is 2.40. The summed E-state index contributed by atoms with van der Waals surface area (Å²) in [6.07, 6.45) is 1.60. The molecule has 2 rings (SSSR count). The van der Waals surface area contributed by atoms with Gasteiger partial charge in [-0.25, -0.2) is 9.78 Å². The van der Waals surface area contributed by atoms with Crippen LogP contribution < -0.4 is 15.0 Å². The van der Waals surface area contributed by atoms with E-state index in [1.165, 1.54) is 11.1 Å². The Bertz CT molecular complexity index is 470. The lowest BCUT2D eigenvalue weighted by Gasteiger charge is -2.17. The molecule has 0 bridgehead atoms. The van der Waals surface area contributed by atoms with Gasteiger partial charge in [-0.2, -0.15) is 0 Å². The lowest BCUT2D eigenvalue weighted by Crippen LogP contribution is -2.33. The third-order valence-electron chi connectivity index (χ3n) is 2.56. The maximum atomic E-state index is 11.6. The molecule has 1 unspecified atom stereocenters. The molecule has 1 aromatic heterocycles. The van der Waals surface area contributed by atoms with Crippen molar-refractivity contribution in [2.75, 3.05) is 4.90 Å². The molecule has 0 radical (unpaired) electrons. The van der Waals surface area contributed by atoms with Gasteiger partial charge in [-0.3, -0.25) is 15.0 Å². The molecule has 1 fully saturated rings. The summed E-state index contributed by atoms with van der Waals surface area (Å²) in [4.78, 5) is 28.4. The van der Waals surface area contributed by atoms with Crippen LogP contribution in [0.25, 0.3) is 0 Å². The van der Waals surface area contributed by atoms with Crippen LogP contribution in [0.1, 0.15) is 20.8 Å². The number of aromatic nitrogens is 1. The number of ether oxygens (including phenoxy) is 1. The van der Waals surface area contributed by atoms with Crippen LogP contribution in [0.3, 0.4) is 0 Å². The van der Waals surface area contributed by atoms with E-state index in [4.69, 9.17) is 4.74 Å². The van der Waals surface area contributed by atoms with Gasteiger partial charge in [0.1, 0.15) is 17.6 Å². The number of rotatable bonds is 3. The number of imide groups is 1.